The van der Waals surface area contributed by atoms with Crippen LogP contribution in [-0.4, -0.2) is 37.1 Å². The molecule has 1 rings (SSSR count). The minimum atomic E-state index is -2.51. The maximum atomic E-state index is 11.7. The van der Waals surface area contributed by atoms with E-state index < -0.39 is 18.9 Å². The summed E-state index contributed by atoms with van der Waals surface area (Å²) in [7, 11) is 0. The summed E-state index contributed by atoms with van der Waals surface area (Å²) in [4.78, 5) is 15.3. The number of nitrogen functional groups attached to an aromatic ring is 1. The van der Waals surface area contributed by atoms with Crippen LogP contribution in [0.25, 0.3) is 0 Å². The molecule has 0 aliphatic carbocycles. The fourth-order valence-corrected chi connectivity index (χ4v) is 1.37. The Balaban J connectivity index is 2.36. The zero-order valence-corrected chi connectivity index (χ0v) is 10.1. The van der Waals surface area contributed by atoms with Gasteiger partial charge in [-0.3, -0.25) is 4.79 Å². The first-order chi connectivity index (χ1) is 8.49. The minimum Gasteiger partial charge on any atom is -0.384 e. The summed E-state index contributed by atoms with van der Waals surface area (Å²) in [6, 6.07) is 2.72. The van der Waals surface area contributed by atoms with E-state index in [-0.39, 0.29) is 29.7 Å². The number of pyridine rings is 1. The first-order valence-electron chi connectivity index (χ1n) is 5.06. The molecule has 0 spiro atoms. The van der Waals surface area contributed by atoms with E-state index in [1.165, 1.54) is 12.1 Å². The molecule has 0 aliphatic heterocycles. The molecule has 0 bridgehead atoms. The van der Waals surface area contributed by atoms with Gasteiger partial charge in [-0.25, -0.2) is 13.8 Å². The predicted octanol–water partition coefficient (Wildman–Crippen LogP) is 1.33. The van der Waals surface area contributed by atoms with Crippen LogP contribution >= 0.6 is 11.6 Å². The molecule has 0 radical (unpaired) electrons. The van der Waals surface area contributed by atoms with Gasteiger partial charge in [0.15, 0.2) is 0 Å². The first-order valence-corrected chi connectivity index (χ1v) is 5.44. The molecular formula is C10H12ClF2N3O2. The first kappa shape index (κ1) is 14.6. The number of nitrogens with zero attached hydrogens (tertiary/aromatic N) is 1. The largest absolute Gasteiger partial charge is 0.384 e. The van der Waals surface area contributed by atoms with Crippen LogP contribution in [-0.2, 0) is 4.74 Å². The summed E-state index contributed by atoms with van der Waals surface area (Å²) in [6.45, 7) is -0.528. The highest BCUT2D eigenvalue weighted by molar-refractivity contribution is 6.29. The number of nitrogens with two attached hydrogens (primary N) is 1. The monoisotopic (exact) mass is 279 g/mol. The molecule has 0 unspecified atom stereocenters. The van der Waals surface area contributed by atoms with E-state index in [0.717, 1.165) is 0 Å². The third-order valence-corrected chi connectivity index (χ3v) is 2.05. The molecule has 8 heteroatoms. The van der Waals surface area contributed by atoms with Gasteiger partial charge in [-0.15, -0.1) is 0 Å². The molecule has 100 valence electrons. The second-order valence-electron chi connectivity index (χ2n) is 3.33. The van der Waals surface area contributed by atoms with Gasteiger partial charge < -0.3 is 15.8 Å². The van der Waals surface area contributed by atoms with Gasteiger partial charge in [0, 0.05) is 12.1 Å². The lowest BCUT2D eigenvalue weighted by Gasteiger charge is -2.06. The molecule has 0 aliphatic rings. The van der Waals surface area contributed by atoms with Gasteiger partial charge >= 0.3 is 0 Å². The van der Waals surface area contributed by atoms with Crippen LogP contribution in [0, 0.1) is 0 Å². The van der Waals surface area contributed by atoms with Gasteiger partial charge in [-0.05, 0) is 12.1 Å². The normalized spacial score (nSPS) is 10.7. The van der Waals surface area contributed by atoms with E-state index in [1.807, 2.05) is 0 Å². The summed E-state index contributed by atoms with van der Waals surface area (Å²) in [5, 5.41) is 2.58. The van der Waals surface area contributed by atoms with Crippen molar-refractivity contribution < 1.29 is 18.3 Å². The van der Waals surface area contributed by atoms with Crippen LogP contribution in [0.3, 0.4) is 0 Å². The Morgan fingerprint density at radius 2 is 2.28 bits per heavy atom. The van der Waals surface area contributed by atoms with Crippen molar-refractivity contribution in [3.63, 3.8) is 0 Å². The molecule has 0 fully saturated rings. The van der Waals surface area contributed by atoms with Crippen molar-refractivity contribution in [1.29, 1.82) is 0 Å². The maximum Gasteiger partial charge on any atom is 0.261 e. The van der Waals surface area contributed by atoms with E-state index in [4.69, 9.17) is 17.3 Å². The average Bonchev–Trinajstić information content (AvgIpc) is 2.26. The fourth-order valence-electron chi connectivity index (χ4n) is 1.16. The van der Waals surface area contributed by atoms with Crippen molar-refractivity contribution in [3.05, 3.63) is 22.8 Å². The highest BCUT2D eigenvalue weighted by Crippen LogP contribution is 2.11. The van der Waals surface area contributed by atoms with Gasteiger partial charge in [0.1, 0.15) is 17.6 Å². The summed E-state index contributed by atoms with van der Waals surface area (Å²) in [5.41, 5.74) is 5.67. The Morgan fingerprint density at radius 1 is 1.56 bits per heavy atom. The van der Waals surface area contributed by atoms with E-state index in [0.29, 0.717) is 0 Å². The molecule has 1 heterocycles. The topological polar surface area (TPSA) is 77.2 Å². The third-order valence-electron chi connectivity index (χ3n) is 1.85. The quantitative estimate of drug-likeness (QED) is 0.608. The van der Waals surface area contributed by atoms with Gasteiger partial charge in [-0.2, -0.15) is 0 Å². The number of alkyl halides is 2. The number of amides is 1. The number of halogens is 3. The zero-order chi connectivity index (χ0) is 13.5. The molecule has 0 saturated carbocycles. The molecular weight excluding hydrogens is 268 g/mol. The Bertz CT molecular complexity index is 398. The van der Waals surface area contributed by atoms with Gasteiger partial charge in [-0.1, -0.05) is 11.6 Å². The molecule has 3 N–H and O–H groups in total. The van der Waals surface area contributed by atoms with Crippen molar-refractivity contribution in [2.45, 2.75) is 6.43 Å². The number of rotatable bonds is 6. The van der Waals surface area contributed by atoms with Crippen LogP contribution in [0.5, 0.6) is 0 Å². The Hall–Kier alpha value is -1.47. The number of hydrogen-bond donors (Lipinski definition) is 2. The van der Waals surface area contributed by atoms with E-state index in [2.05, 4.69) is 15.0 Å². The fraction of sp³-hybridized carbons (Fsp3) is 0.400. The summed E-state index contributed by atoms with van der Waals surface area (Å²) >= 11 is 5.63. The molecule has 0 aromatic carbocycles. The molecule has 0 atom stereocenters. The highest BCUT2D eigenvalue weighted by Gasteiger charge is 2.08. The summed E-state index contributed by atoms with van der Waals surface area (Å²) in [6.07, 6.45) is -2.51. The van der Waals surface area contributed by atoms with Crippen molar-refractivity contribution in [1.82, 2.24) is 10.3 Å². The van der Waals surface area contributed by atoms with Crippen LogP contribution in [0.15, 0.2) is 12.1 Å². The van der Waals surface area contributed by atoms with Gasteiger partial charge in [0.25, 0.3) is 12.3 Å². The summed E-state index contributed by atoms with van der Waals surface area (Å²) < 4.78 is 28.1. The minimum absolute atomic E-state index is 0.00434. The predicted molar refractivity (Wildman–Crippen MR) is 62.8 cm³/mol. The Labute approximate surface area is 107 Å². The van der Waals surface area contributed by atoms with E-state index >= 15 is 0 Å². The van der Waals surface area contributed by atoms with Crippen molar-refractivity contribution in [2.75, 3.05) is 25.5 Å². The van der Waals surface area contributed by atoms with E-state index in [9.17, 15) is 13.6 Å². The number of ether oxygens (including phenoxy) is 1. The second-order valence-corrected chi connectivity index (χ2v) is 3.71. The number of anilines is 1. The lowest BCUT2D eigenvalue weighted by atomic mass is 10.2. The van der Waals surface area contributed by atoms with Crippen LogP contribution in [0.1, 0.15) is 10.4 Å². The van der Waals surface area contributed by atoms with Crippen molar-refractivity contribution in [3.8, 4) is 0 Å². The number of aromatic nitrogens is 1. The zero-order valence-electron chi connectivity index (χ0n) is 9.33. The number of hydrogen-bond acceptors (Lipinski definition) is 4. The molecule has 1 amide bonds. The highest BCUT2D eigenvalue weighted by atomic mass is 35.5. The Kier molecular flexibility index (Phi) is 5.73. The number of carbonyl (C=O) groups excluding carboxylic acids is 1. The average molecular weight is 280 g/mol. The molecule has 18 heavy (non-hydrogen) atoms. The maximum absolute atomic E-state index is 11.7. The van der Waals surface area contributed by atoms with Gasteiger partial charge in [0.05, 0.1) is 6.61 Å². The Morgan fingerprint density at radius 3 is 2.89 bits per heavy atom. The lowest BCUT2D eigenvalue weighted by molar-refractivity contribution is 0.0188. The van der Waals surface area contributed by atoms with E-state index in [1.54, 1.807) is 0 Å². The van der Waals surface area contributed by atoms with Crippen LogP contribution in [0.2, 0.25) is 5.15 Å². The molecule has 1 aromatic rings. The summed E-state index contributed by atoms with van der Waals surface area (Å²) in [5.74, 6) is -0.298. The molecule has 1 aromatic heterocycles. The van der Waals surface area contributed by atoms with Crippen molar-refractivity contribution >= 4 is 23.3 Å². The van der Waals surface area contributed by atoms with Crippen molar-refractivity contribution in [2.24, 2.45) is 0 Å². The second kappa shape index (κ2) is 7.07. The van der Waals surface area contributed by atoms with Crippen LogP contribution < -0.4 is 11.1 Å². The number of nitrogens with one attached hydrogen (secondary N) is 1. The third kappa shape index (κ3) is 5.24. The molecule has 5 nitrogen and oxygen atoms in total. The van der Waals surface area contributed by atoms with Gasteiger partial charge in [0.2, 0.25) is 0 Å². The SMILES string of the molecule is Nc1cc(C(=O)NCCOCC(F)F)cc(Cl)n1. The lowest BCUT2D eigenvalue weighted by Crippen LogP contribution is -2.28. The standard InChI is InChI=1S/C10H12ClF2N3O2/c11-7-3-6(4-9(14)16-7)10(17)15-1-2-18-5-8(12)13/h3-4,8H,1-2,5H2,(H2,14,16)(H,15,17). The number of carbonyl (C=O) groups is 1. The van der Waals surface area contributed by atoms with Crippen LogP contribution in [0.4, 0.5) is 14.6 Å². The molecule has 0 saturated heterocycles. The smallest absolute Gasteiger partial charge is 0.261 e.